The number of carbonyl (C=O) groups is 1. The van der Waals surface area contributed by atoms with Gasteiger partial charge in [-0.05, 0) is 54.5 Å². The lowest BCUT2D eigenvalue weighted by Crippen LogP contribution is -2.44. The molecule has 30 heavy (non-hydrogen) atoms. The van der Waals surface area contributed by atoms with E-state index in [0.29, 0.717) is 16.8 Å². The van der Waals surface area contributed by atoms with E-state index < -0.39 is 16.1 Å². The number of ketones is 1. The fourth-order valence-electron chi connectivity index (χ4n) is 3.54. The Bertz CT molecular complexity index is 1170. The molecule has 3 aromatic rings. The number of benzene rings is 2. The first-order chi connectivity index (χ1) is 14.5. The molecule has 0 amide bonds. The van der Waals surface area contributed by atoms with Crippen LogP contribution < -0.4 is 0 Å². The van der Waals surface area contributed by atoms with Crippen LogP contribution in [0.5, 0.6) is 5.75 Å². The van der Waals surface area contributed by atoms with E-state index in [1.165, 1.54) is 28.6 Å². The summed E-state index contributed by atoms with van der Waals surface area (Å²) in [5.74, 6) is -0.288. The van der Waals surface area contributed by atoms with Gasteiger partial charge in [-0.15, -0.1) is 0 Å². The SMILES string of the molecule is O=C1/C(=C\c2ccccn2)CCN(S(=O)(=O)c2ccc(O)cc2)C1c1ccccc1. The average Bonchev–Trinajstić information content (AvgIpc) is 2.76. The molecule has 0 radical (unpaired) electrons. The number of pyridine rings is 1. The Morgan fingerprint density at radius 2 is 1.67 bits per heavy atom. The zero-order chi connectivity index (χ0) is 21.1. The number of aromatic nitrogens is 1. The summed E-state index contributed by atoms with van der Waals surface area (Å²) in [4.78, 5) is 17.7. The highest BCUT2D eigenvalue weighted by molar-refractivity contribution is 7.89. The first kappa shape index (κ1) is 20.0. The zero-order valence-electron chi connectivity index (χ0n) is 16.0. The van der Waals surface area contributed by atoms with Crippen LogP contribution in [0.2, 0.25) is 0 Å². The summed E-state index contributed by atoms with van der Waals surface area (Å²) in [7, 11) is -3.95. The molecule has 4 rings (SSSR count). The molecule has 152 valence electrons. The monoisotopic (exact) mass is 420 g/mol. The molecule has 1 fully saturated rings. The van der Waals surface area contributed by atoms with Crippen molar-refractivity contribution in [2.24, 2.45) is 0 Å². The summed E-state index contributed by atoms with van der Waals surface area (Å²) < 4.78 is 27.9. The number of Topliss-reactive ketones (excluding diaryl/α,β-unsaturated/α-hetero) is 1. The maximum atomic E-state index is 13.4. The van der Waals surface area contributed by atoms with Crippen LogP contribution >= 0.6 is 0 Å². The normalized spacial score (nSPS) is 19.1. The Labute approximate surface area is 175 Å². The van der Waals surface area contributed by atoms with Crippen LogP contribution in [0.3, 0.4) is 0 Å². The lowest BCUT2D eigenvalue weighted by atomic mass is 9.91. The molecule has 6 nitrogen and oxygen atoms in total. The maximum Gasteiger partial charge on any atom is 0.244 e. The number of piperidine rings is 1. The van der Waals surface area contributed by atoms with E-state index in [0.717, 1.165) is 0 Å². The Morgan fingerprint density at radius 3 is 2.33 bits per heavy atom. The molecule has 0 bridgehead atoms. The van der Waals surface area contributed by atoms with Gasteiger partial charge >= 0.3 is 0 Å². The number of nitrogens with zero attached hydrogens (tertiary/aromatic N) is 2. The van der Waals surface area contributed by atoms with Gasteiger partial charge in [0.05, 0.1) is 10.6 Å². The van der Waals surface area contributed by atoms with Crippen molar-refractivity contribution in [2.45, 2.75) is 17.4 Å². The highest BCUT2D eigenvalue weighted by atomic mass is 32.2. The molecule has 7 heteroatoms. The molecule has 2 aromatic carbocycles. The van der Waals surface area contributed by atoms with E-state index in [4.69, 9.17) is 0 Å². The van der Waals surface area contributed by atoms with Crippen molar-refractivity contribution in [3.05, 3.63) is 95.8 Å². The van der Waals surface area contributed by atoms with Gasteiger partial charge in [-0.2, -0.15) is 4.31 Å². The zero-order valence-corrected chi connectivity index (χ0v) is 16.9. The van der Waals surface area contributed by atoms with Crippen LogP contribution in [0.15, 0.2) is 89.5 Å². The third kappa shape index (κ3) is 3.90. The minimum atomic E-state index is -3.95. The Hall–Kier alpha value is -3.29. The summed E-state index contributed by atoms with van der Waals surface area (Å²) in [6.07, 6.45) is 3.66. The lowest BCUT2D eigenvalue weighted by Gasteiger charge is -2.35. The minimum Gasteiger partial charge on any atom is -0.508 e. The topological polar surface area (TPSA) is 87.6 Å². The molecule has 0 spiro atoms. The minimum absolute atomic E-state index is 0.0242. The fraction of sp³-hybridized carbons (Fsp3) is 0.130. The summed E-state index contributed by atoms with van der Waals surface area (Å²) in [6, 6.07) is 18.7. The molecule has 1 unspecified atom stereocenters. The maximum absolute atomic E-state index is 13.4. The molecular formula is C23H20N2O4S. The Balaban J connectivity index is 1.77. The predicted molar refractivity (Wildman–Crippen MR) is 113 cm³/mol. The number of phenols is 1. The van der Waals surface area contributed by atoms with Crippen molar-refractivity contribution in [1.82, 2.24) is 9.29 Å². The van der Waals surface area contributed by atoms with Crippen LogP contribution in [-0.4, -0.2) is 35.1 Å². The highest BCUT2D eigenvalue weighted by Crippen LogP contribution is 2.36. The van der Waals surface area contributed by atoms with Gasteiger partial charge < -0.3 is 5.11 Å². The summed E-state index contributed by atoms with van der Waals surface area (Å²) in [6.45, 7) is 0.160. The van der Waals surface area contributed by atoms with Crippen LogP contribution in [0.25, 0.3) is 6.08 Å². The predicted octanol–water partition coefficient (Wildman–Crippen LogP) is 3.58. The highest BCUT2D eigenvalue weighted by Gasteiger charge is 2.41. The molecule has 1 saturated heterocycles. The van der Waals surface area contributed by atoms with Crippen LogP contribution in [-0.2, 0) is 14.8 Å². The van der Waals surface area contributed by atoms with Crippen LogP contribution in [0.1, 0.15) is 23.7 Å². The van der Waals surface area contributed by atoms with Crippen molar-refractivity contribution in [3.63, 3.8) is 0 Å². The van der Waals surface area contributed by atoms with E-state index >= 15 is 0 Å². The van der Waals surface area contributed by atoms with Crippen molar-refractivity contribution in [2.75, 3.05) is 6.54 Å². The smallest absolute Gasteiger partial charge is 0.244 e. The van der Waals surface area contributed by atoms with E-state index in [1.807, 2.05) is 12.1 Å². The van der Waals surface area contributed by atoms with Gasteiger partial charge in [0.15, 0.2) is 5.78 Å². The first-order valence-corrected chi connectivity index (χ1v) is 10.9. The van der Waals surface area contributed by atoms with Crippen molar-refractivity contribution in [3.8, 4) is 5.75 Å². The largest absolute Gasteiger partial charge is 0.508 e. The van der Waals surface area contributed by atoms with Gasteiger partial charge in [0.1, 0.15) is 11.8 Å². The molecule has 1 atom stereocenters. The molecule has 0 aliphatic carbocycles. The molecule has 0 saturated carbocycles. The Kier molecular flexibility index (Phi) is 5.48. The molecule has 1 aromatic heterocycles. The van der Waals surface area contributed by atoms with Gasteiger partial charge in [-0.1, -0.05) is 36.4 Å². The quantitative estimate of drug-likeness (QED) is 0.652. The number of hydrogen-bond donors (Lipinski definition) is 1. The standard InChI is InChI=1S/C23H20N2O4S/c26-20-9-11-21(12-10-20)30(28,29)25-15-13-18(16-19-8-4-5-14-24-19)23(27)22(25)17-6-2-1-3-7-17/h1-12,14,16,22,26H,13,15H2/b18-16-. The number of phenolic OH excluding ortho intramolecular Hbond substituents is 1. The second-order valence-electron chi connectivity index (χ2n) is 6.96. The van der Waals surface area contributed by atoms with E-state index in [1.54, 1.807) is 48.7 Å². The van der Waals surface area contributed by atoms with Crippen molar-refractivity contribution < 1.29 is 18.3 Å². The number of hydrogen-bond acceptors (Lipinski definition) is 5. The second-order valence-corrected chi connectivity index (χ2v) is 8.85. The third-order valence-electron chi connectivity index (χ3n) is 5.02. The molecule has 1 N–H and O–H groups in total. The average molecular weight is 420 g/mol. The molecule has 2 heterocycles. The van der Waals surface area contributed by atoms with E-state index in [2.05, 4.69) is 4.98 Å². The fourth-order valence-corrected chi connectivity index (χ4v) is 5.12. The van der Waals surface area contributed by atoms with Crippen molar-refractivity contribution >= 4 is 21.9 Å². The second kappa shape index (κ2) is 8.22. The summed E-state index contributed by atoms with van der Waals surface area (Å²) in [5, 5.41) is 9.50. The third-order valence-corrected chi connectivity index (χ3v) is 6.90. The van der Waals surface area contributed by atoms with Gasteiger partial charge in [-0.25, -0.2) is 8.42 Å². The number of rotatable bonds is 4. The van der Waals surface area contributed by atoms with E-state index in [9.17, 15) is 18.3 Å². The number of carbonyl (C=O) groups excluding carboxylic acids is 1. The van der Waals surface area contributed by atoms with Gasteiger partial charge in [-0.3, -0.25) is 9.78 Å². The van der Waals surface area contributed by atoms with Gasteiger partial charge in [0.25, 0.3) is 0 Å². The summed E-state index contributed by atoms with van der Waals surface area (Å²) >= 11 is 0. The Morgan fingerprint density at radius 1 is 0.967 bits per heavy atom. The number of sulfonamides is 1. The van der Waals surface area contributed by atoms with Gasteiger partial charge in [0.2, 0.25) is 10.0 Å². The van der Waals surface area contributed by atoms with Gasteiger partial charge in [0, 0.05) is 18.3 Å². The lowest BCUT2D eigenvalue weighted by molar-refractivity contribution is -0.120. The molecular weight excluding hydrogens is 400 g/mol. The van der Waals surface area contributed by atoms with Crippen LogP contribution in [0, 0.1) is 0 Å². The first-order valence-electron chi connectivity index (χ1n) is 9.48. The molecule has 1 aliphatic heterocycles. The van der Waals surface area contributed by atoms with Crippen molar-refractivity contribution in [1.29, 1.82) is 0 Å². The van der Waals surface area contributed by atoms with Crippen LogP contribution in [0.4, 0.5) is 0 Å². The molecule has 1 aliphatic rings. The number of aromatic hydroxyl groups is 1. The van der Waals surface area contributed by atoms with E-state index in [-0.39, 0.29) is 29.4 Å². The summed E-state index contributed by atoms with van der Waals surface area (Å²) in [5.41, 5.74) is 1.80.